The molecular formula is C21H33N. The molecule has 0 radical (unpaired) electrons. The summed E-state index contributed by atoms with van der Waals surface area (Å²) in [7, 11) is 0. The van der Waals surface area contributed by atoms with Gasteiger partial charge in [-0.15, -0.1) is 6.58 Å². The summed E-state index contributed by atoms with van der Waals surface area (Å²) in [5.41, 5.74) is 10.6. The topological polar surface area (TPSA) is 26.0 Å². The molecule has 2 rings (SSSR count). The van der Waals surface area contributed by atoms with E-state index in [-0.39, 0.29) is 0 Å². The van der Waals surface area contributed by atoms with Gasteiger partial charge in [0.05, 0.1) is 0 Å². The van der Waals surface area contributed by atoms with E-state index in [0.29, 0.717) is 5.92 Å². The largest absolute Gasteiger partial charge is 0.330 e. The highest BCUT2D eigenvalue weighted by molar-refractivity contribution is 5.36. The number of unbranched alkanes of at least 4 members (excludes halogenated alkanes) is 2. The van der Waals surface area contributed by atoms with E-state index in [1.165, 1.54) is 63.4 Å². The highest BCUT2D eigenvalue weighted by atomic mass is 14.5. The number of hydrogen-bond donors (Lipinski definition) is 1. The SMILES string of the molecule is C=CCCCCC1CCc2cc(C(CN)CCC)ccc2C1. The fourth-order valence-electron chi connectivity index (χ4n) is 3.84. The number of rotatable bonds is 9. The van der Waals surface area contributed by atoms with Gasteiger partial charge in [-0.1, -0.05) is 50.5 Å². The second-order valence-electron chi connectivity index (χ2n) is 6.93. The Morgan fingerprint density at radius 3 is 2.91 bits per heavy atom. The number of aryl methyl sites for hydroxylation is 1. The summed E-state index contributed by atoms with van der Waals surface area (Å²) in [6.45, 7) is 6.83. The summed E-state index contributed by atoms with van der Waals surface area (Å²) in [4.78, 5) is 0. The molecule has 0 aromatic heterocycles. The van der Waals surface area contributed by atoms with Crippen molar-refractivity contribution in [2.24, 2.45) is 11.7 Å². The first-order chi connectivity index (χ1) is 10.8. The predicted octanol–water partition coefficient (Wildman–Crippen LogP) is 5.38. The molecule has 1 aromatic rings. The number of fused-ring (bicyclic) bond motifs is 1. The fraction of sp³-hybridized carbons (Fsp3) is 0.619. The highest BCUT2D eigenvalue weighted by Crippen LogP contribution is 2.31. The van der Waals surface area contributed by atoms with E-state index in [4.69, 9.17) is 5.73 Å². The summed E-state index contributed by atoms with van der Waals surface area (Å²) in [6.07, 6.45) is 13.6. The third-order valence-electron chi connectivity index (χ3n) is 5.22. The van der Waals surface area contributed by atoms with Crippen LogP contribution in [0.3, 0.4) is 0 Å². The molecule has 0 aliphatic heterocycles. The second-order valence-corrected chi connectivity index (χ2v) is 6.93. The summed E-state index contributed by atoms with van der Waals surface area (Å²) >= 11 is 0. The molecule has 0 fully saturated rings. The first-order valence-corrected chi connectivity index (χ1v) is 9.21. The molecule has 0 amide bonds. The van der Waals surface area contributed by atoms with E-state index in [1.807, 2.05) is 6.08 Å². The standard InChI is InChI=1S/C21H33N/c1-3-5-6-7-9-17-10-11-19-15-20(13-12-18(19)14-17)21(16-22)8-4-2/h3,12-13,15,17,21H,1,4-11,14,16,22H2,2H3. The molecule has 2 N–H and O–H groups in total. The van der Waals surface area contributed by atoms with Crippen molar-refractivity contribution in [1.82, 2.24) is 0 Å². The molecule has 1 aliphatic rings. The van der Waals surface area contributed by atoms with Crippen molar-refractivity contribution in [1.29, 1.82) is 0 Å². The summed E-state index contributed by atoms with van der Waals surface area (Å²) in [5, 5.41) is 0. The highest BCUT2D eigenvalue weighted by Gasteiger charge is 2.19. The third-order valence-corrected chi connectivity index (χ3v) is 5.22. The van der Waals surface area contributed by atoms with Gasteiger partial charge in [-0.2, -0.15) is 0 Å². The second kappa shape index (κ2) is 9.15. The van der Waals surface area contributed by atoms with E-state index in [9.17, 15) is 0 Å². The van der Waals surface area contributed by atoms with Crippen molar-refractivity contribution in [2.75, 3.05) is 6.54 Å². The van der Waals surface area contributed by atoms with Crippen LogP contribution in [0.2, 0.25) is 0 Å². The molecule has 1 aliphatic carbocycles. The predicted molar refractivity (Wildman–Crippen MR) is 97.3 cm³/mol. The van der Waals surface area contributed by atoms with Gasteiger partial charge in [-0.25, -0.2) is 0 Å². The minimum Gasteiger partial charge on any atom is -0.330 e. The summed E-state index contributed by atoms with van der Waals surface area (Å²) < 4.78 is 0. The molecule has 1 heteroatoms. The van der Waals surface area contributed by atoms with Gasteiger partial charge in [0.25, 0.3) is 0 Å². The van der Waals surface area contributed by atoms with Gasteiger partial charge in [0.15, 0.2) is 0 Å². The van der Waals surface area contributed by atoms with Crippen LogP contribution < -0.4 is 5.73 Å². The van der Waals surface area contributed by atoms with E-state index < -0.39 is 0 Å². The minimum atomic E-state index is 0.548. The molecule has 0 heterocycles. The van der Waals surface area contributed by atoms with Crippen molar-refractivity contribution in [3.05, 3.63) is 47.5 Å². The molecule has 0 saturated heterocycles. The van der Waals surface area contributed by atoms with Gasteiger partial charge in [0.1, 0.15) is 0 Å². The van der Waals surface area contributed by atoms with Crippen LogP contribution in [-0.4, -0.2) is 6.54 Å². The van der Waals surface area contributed by atoms with E-state index >= 15 is 0 Å². The van der Waals surface area contributed by atoms with Gasteiger partial charge in [-0.05, 0) is 73.6 Å². The average molecular weight is 300 g/mol. The van der Waals surface area contributed by atoms with Crippen LogP contribution in [0, 0.1) is 5.92 Å². The minimum absolute atomic E-state index is 0.548. The van der Waals surface area contributed by atoms with Crippen LogP contribution in [0.5, 0.6) is 0 Å². The maximum absolute atomic E-state index is 5.96. The van der Waals surface area contributed by atoms with Crippen LogP contribution in [0.1, 0.15) is 74.5 Å². The first-order valence-electron chi connectivity index (χ1n) is 9.21. The van der Waals surface area contributed by atoms with Gasteiger partial charge in [-0.3, -0.25) is 0 Å². The van der Waals surface area contributed by atoms with Crippen LogP contribution >= 0.6 is 0 Å². The van der Waals surface area contributed by atoms with Gasteiger partial charge >= 0.3 is 0 Å². The molecule has 122 valence electrons. The monoisotopic (exact) mass is 299 g/mol. The normalized spacial score (nSPS) is 18.7. The molecule has 1 aromatic carbocycles. The van der Waals surface area contributed by atoms with Gasteiger partial charge in [0.2, 0.25) is 0 Å². The lowest BCUT2D eigenvalue weighted by molar-refractivity contribution is 0.409. The van der Waals surface area contributed by atoms with Crippen LogP contribution in [0.4, 0.5) is 0 Å². The lowest BCUT2D eigenvalue weighted by Gasteiger charge is -2.26. The van der Waals surface area contributed by atoms with Crippen LogP contribution in [-0.2, 0) is 12.8 Å². The third kappa shape index (κ3) is 4.71. The number of allylic oxidation sites excluding steroid dienone is 1. The van der Waals surface area contributed by atoms with Crippen LogP contribution in [0.15, 0.2) is 30.9 Å². The molecule has 1 nitrogen and oxygen atoms in total. The molecule has 0 saturated carbocycles. The maximum Gasteiger partial charge on any atom is -0.000824 e. The lowest BCUT2D eigenvalue weighted by Crippen LogP contribution is -2.17. The van der Waals surface area contributed by atoms with Crippen molar-refractivity contribution in [3.8, 4) is 0 Å². The molecular weight excluding hydrogens is 266 g/mol. The number of benzene rings is 1. The van der Waals surface area contributed by atoms with Crippen molar-refractivity contribution in [2.45, 2.75) is 70.6 Å². The zero-order valence-electron chi connectivity index (χ0n) is 14.3. The van der Waals surface area contributed by atoms with E-state index in [2.05, 4.69) is 31.7 Å². The summed E-state index contributed by atoms with van der Waals surface area (Å²) in [5.74, 6) is 1.44. The van der Waals surface area contributed by atoms with Crippen molar-refractivity contribution < 1.29 is 0 Å². The van der Waals surface area contributed by atoms with Crippen molar-refractivity contribution in [3.63, 3.8) is 0 Å². The Kier molecular flexibility index (Phi) is 7.18. The Balaban J connectivity index is 1.94. The maximum atomic E-state index is 5.96. The van der Waals surface area contributed by atoms with Gasteiger partial charge < -0.3 is 5.73 Å². The first kappa shape index (κ1) is 17.3. The summed E-state index contributed by atoms with van der Waals surface area (Å²) in [6, 6.07) is 7.18. The Hall–Kier alpha value is -1.08. The fourth-order valence-corrected chi connectivity index (χ4v) is 3.84. The van der Waals surface area contributed by atoms with Crippen molar-refractivity contribution >= 4 is 0 Å². The van der Waals surface area contributed by atoms with E-state index in [0.717, 1.165) is 12.5 Å². The smallest absolute Gasteiger partial charge is 0.000824 e. The Bertz CT molecular complexity index is 463. The Labute approximate surface area is 137 Å². The Morgan fingerprint density at radius 1 is 1.32 bits per heavy atom. The zero-order chi connectivity index (χ0) is 15.8. The van der Waals surface area contributed by atoms with E-state index in [1.54, 1.807) is 11.1 Å². The lowest BCUT2D eigenvalue weighted by atomic mass is 9.79. The van der Waals surface area contributed by atoms with Crippen LogP contribution in [0.25, 0.3) is 0 Å². The molecule has 0 bridgehead atoms. The molecule has 0 spiro atoms. The number of hydrogen-bond acceptors (Lipinski definition) is 1. The Morgan fingerprint density at radius 2 is 2.18 bits per heavy atom. The average Bonchev–Trinajstić information content (AvgIpc) is 2.56. The number of nitrogens with two attached hydrogens (primary N) is 1. The molecule has 22 heavy (non-hydrogen) atoms. The van der Waals surface area contributed by atoms with Gasteiger partial charge in [0, 0.05) is 0 Å². The zero-order valence-corrected chi connectivity index (χ0v) is 14.3. The molecule has 2 unspecified atom stereocenters. The quantitative estimate of drug-likeness (QED) is 0.481. The molecule has 2 atom stereocenters.